The van der Waals surface area contributed by atoms with E-state index in [1.54, 1.807) is 0 Å². The van der Waals surface area contributed by atoms with Crippen LogP contribution in [0.1, 0.15) is 36.5 Å². The van der Waals surface area contributed by atoms with Crippen molar-refractivity contribution in [1.29, 1.82) is 0 Å². The van der Waals surface area contributed by atoms with Crippen molar-refractivity contribution in [3.63, 3.8) is 0 Å². The quantitative estimate of drug-likeness (QED) is 0.720. The van der Waals surface area contributed by atoms with Gasteiger partial charge in [-0.05, 0) is 73.8 Å². The molecule has 1 N–H and O–H groups in total. The van der Waals surface area contributed by atoms with Gasteiger partial charge in [0.15, 0.2) is 5.11 Å². The van der Waals surface area contributed by atoms with Crippen molar-refractivity contribution >= 4 is 28.7 Å². The third-order valence-corrected chi connectivity index (χ3v) is 5.87. The van der Waals surface area contributed by atoms with Crippen molar-refractivity contribution < 1.29 is 0 Å². The Hall–Kier alpha value is -2.07. The van der Waals surface area contributed by atoms with E-state index < -0.39 is 0 Å². The molecule has 1 fully saturated rings. The normalized spacial score (nSPS) is 14.3. The molecule has 1 aliphatic rings. The smallest absolute Gasteiger partial charge is 0.173 e. The lowest BCUT2D eigenvalue weighted by Crippen LogP contribution is -2.50. The van der Waals surface area contributed by atoms with E-state index >= 15 is 0 Å². The monoisotopic (exact) mass is 381 g/mol. The standard InChI is InChI=1S/C23H31N3S/c1-4-5-8-20-10-12-21(13-11-20)24-23(27)26-16-14-25(15-17-26)22-9-6-7-18(2)19(22)3/h6-7,9-13H,4-5,8,14-17H2,1-3H3,(H,24,27). The molecule has 2 aromatic carbocycles. The van der Waals surface area contributed by atoms with Gasteiger partial charge in [-0.2, -0.15) is 0 Å². The van der Waals surface area contributed by atoms with Crippen LogP contribution in [0.15, 0.2) is 42.5 Å². The van der Waals surface area contributed by atoms with Gasteiger partial charge in [-0.3, -0.25) is 0 Å². The van der Waals surface area contributed by atoms with Crippen LogP contribution in [0.3, 0.4) is 0 Å². The zero-order valence-corrected chi connectivity index (χ0v) is 17.6. The van der Waals surface area contributed by atoms with E-state index in [-0.39, 0.29) is 0 Å². The Kier molecular flexibility index (Phi) is 6.73. The molecule has 3 nitrogen and oxygen atoms in total. The fourth-order valence-corrected chi connectivity index (χ4v) is 3.87. The Bertz CT molecular complexity index is 762. The van der Waals surface area contributed by atoms with Gasteiger partial charge in [0.05, 0.1) is 0 Å². The van der Waals surface area contributed by atoms with E-state index in [9.17, 15) is 0 Å². The second kappa shape index (κ2) is 9.23. The second-order valence-corrected chi connectivity index (χ2v) is 7.81. The summed E-state index contributed by atoms with van der Waals surface area (Å²) in [6.07, 6.45) is 3.63. The molecule has 27 heavy (non-hydrogen) atoms. The van der Waals surface area contributed by atoms with Gasteiger partial charge in [0.2, 0.25) is 0 Å². The number of hydrogen-bond donors (Lipinski definition) is 1. The van der Waals surface area contributed by atoms with Crippen LogP contribution in [0.25, 0.3) is 0 Å². The molecule has 0 spiro atoms. The van der Waals surface area contributed by atoms with Crippen molar-refractivity contribution in [2.45, 2.75) is 40.0 Å². The number of nitrogens with one attached hydrogen (secondary N) is 1. The Labute approximate surface area is 169 Å². The first kappa shape index (κ1) is 19.7. The molecule has 3 rings (SSSR count). The largest absolute Gasteiger partial charge is 0.368 e. The highest BCUT2D eigenvalue weighted by atomic mass is 32.1. The lowest BCUT2D eigenvalue weighted by Gasteiger charge is -2.38. The summed E-state index contributed by atoms with van der Waals surface area (Å²) in [5, 5.41) is 4.24. The SMILES string of the molecule is CCCCc1ccc(NC(=S)N2CCN(c3cccc(C)c3C)CC2)cc1. The molecule has 144 valence electrons. The zero-order chi connectivity index (χ0) is 19.2. The van der Waals surface area contributed by atoms with Gasteiger partial charge in [0.25, 0.3) is 0 Å². The van der Waals surface area contributed by atoms with E-state index in [1.807, 2.05) is 0 Å². The molecular weight excluding hydrogens is 350 g/mol. The minimum Gasteiger partial charge on any atom is -0.368 e. The van der Waals surface area contributed by atoms with Crippen molar-refractivity contribution in [2.24, 2.45) is 0 Å². The average Bonchev–Trinajstić information content (AvgIpc) is 2.70. The van der Waals surface area contributed by atoms with E-state index in [1.165, 1.54) is 35.2 Å². The number of hydrogen-bond acceptors (Lipinski definition) is 2. The fourth-order valence-electron chi connectivity index (χ4n) is 3.57. The number of benzene rings is 2. The number of nitrogens with zero attached hydrogens (tertiary/aromatic N) is 2. The van der Waals surface area contributed by atoms with Crippen LogP contribution in [-0.2, 0) is 6.42 Å². The highest BCUT2D eigenvalue weighted by molar-refractivity contribution is 7.80. The van der Waals surface area contributed by atoms with Crippen LogP contribution >= 0.6 is 12.2 Å². The predicted octanol–water partition coefficient (Wildman–Crippen LogP) is 5.17. The van der Waals surface area contributed by atoms with Gasteiger partial charge >= 0.3 is 0 Å². The first-order chi connectivity index (χ1) is 13.1. The van der Waals surface area contributed by atoms with E-state index in [4.69, 9.17) is 12.2 Å². The summed E-state index contributed by atoms with van der Waals surface area (Å²) < 4.78 is 0. The molecule has 1 heterocycles. The summed E-state index contributed by atoms with van der Waals surface area (Å²) in [5.41, 5.74) is 6.58. The maximum atomic E-state index is 5.66. The fraction of sp³-hybridized carbons (Fsp3) is 0.435. The number of anilines is 2. The number of thiocarbonyl (C=S) groups is 1. The number of piperazine rings is 1. The molecule has 0 bridgehead atoms. The minimum absolute atomic E-state index is 0.830. The second-order valence-electron chi connectivity index (χ2n) is 7.42. The minimum atomic E-state index is 0.830. The summed E-state index contributed by atoms with van der Waals surface area (Å²) >= 11 is 5.66. The maximum Gasteiger partial charge on any atom is 0.173 e. The third-order valence-electron chi connectivity index (χ3n) is 5.51. The molecule has 0 saturated carbocycles. The molecule has 0 aromatic heterocycles. The van der Waals surface area contributed by atoms with Crippen LogP contribution in [0, 0.1) is 13.8 Å². The summed E-state index contributed by atoms with van der Waals surface area (Å²) in [5.74, 6) is 0. The van der Waals surface area contributed by atoms with Gasteiger partial charge in [-0.15, -0.1) is 0 Å². The molecular formula is C23H31N3S. The first-order valence-electron chi connectivity index (χ1n) is 10.0. The molecule has 0 radical (unpaired) electrons. The van der Waals surface area contributed by atoms with Crippen LogP contribution in [0.5, 0.6) is 0 Å². The molecule has 0 atom stereocenters. The van der Waals surface area contributed by atoms with Gasteiger partial charge in [-0.25, -0.2) is 0 Å². The highest BCUT2D eigenvalue weighted by Crippen LogP contribution is 2.24. The Balaban J connectivity index is 1.53. The van der Waals surface area contributed by atoms with Gasteiger partial charge in [0.1, 0.15) is 0 Å². The highest BCUT2D eigenvalue weighted by Gasteiger charge is 2.20. The number of rotatable bonds is 5. The lowest BCUT2D eigenvalue weighted by atomic mass is 10.1. The van der Waals surface area contributed by atoms with Crippen LogP contribution in [0.4, 0.5) is 11.4 Å². The van der Waals surface area contributed by atoms with E-state index in [0.717, 1.165) is 43.4 Å². The van der Waals surface area contributed by atoms with Crippen molar-refractivity contribution in [3.8, 4) is 0 Å². The summed E-state index contributed by atoms with van der Waals surface area (Å²) in [7, 11) is 0. The summed E-state index contributed by atoms with van der Waals surface area (Å²) in [4.78, 5) is 4.76. The third kappa shape index (κ3) is 5.01. The Morgan fingerprint density at radius 3 is 2.37 bits per heavy atom. The van der Waals surface area contributed by atoms with Gasteiger partial charge in [0, 0.05) is 37.6 Å². The topological polar surface area (TPSA) is 18.5 Å². The van der Waals surface area contributed by atoms with Crippen LogP contribution in [-0.4, -0.2) is 36.2 Å². The van der Waals surface area contributed by atoms with Crippen LogP contribution in [0.2, 0.25) is 0 Å². The molecule has 1 saturated heterocycles. The van der Waals surface area contributed by atoms with Gasteiger partial charge in [-0.1, -0.05) is 37.6 Å². The number of aryl methyl sites for hydroxylation is 2. The van der Waals surface area contributed by atoms with Crippen molar-refractivity contribution in [2.75, 3.05) is 36.4 Å². The van der Waals surface area contributed by atoms with Gasteiger partial charge < -0.3 is 15.1 Å². The molecule has 1 aliphatic heterocycles. The summed E-state index contributed by atoms with van der Waals surface area (Å²) in [6.45, 7) is 10.5. The average molecular weight is 382 g/mol. The van der Waals surface area contributed by atoms with Crippen LogP contribution < -0.4 is 10.2 Å². The molecule has 0 amide bonds. The zero-order valence-electron chi connectivity index (χ0n) is 16.8. The Morgan fingerprint density at radius 2 is 1.70 bits per heavy atom. The Morgan fingerprint density at radius 1 is 1.00 bits per heavy atom. The van der Waals surface area contributed by atoms with E-state index in [0.29, 0.717) is 0 Å². The lowest BCUT2D eigenvalue weighted by molar-refractivity contribution is 0.390. The molecule has 0 unspecified atom stereocenters. The van der Waals surface area contributed by atoms with Crippen molar-refractivity contribution in [1.82, 2.24) is 4.90 Å². The molecule has 0 aliphatic carbocycles. The molecule has 4 heteroatoms. The predicted molar refractivity (Wildman–Crippen MR) is 121 cm³/mol. The first-order valence-corrected chi connectivity index (χ1v) is 10.5. The van der Waals surface area contributed by atoms with E-state index in [2.05, 4.69) is 78.4 Å². The van der Waals surface area contributed by atoms with Crippen molar-refractivity contribution in [3.05, 3.63) is 59.2 Å². The number of unbranched alkanes of at least 4 members (excludes halogenated alkanes) is 1. The molecule has 2 aromatic rings. The summed E-state index contributed by atoms with van der Waals surface area (Å²) in [6, 6.07) is 15.3. The maximum absolute atomic E-state index is 5.66.